The molecule has 1 aromatic rings. The monoisotopic (exact) mass is 220 g/mol. The summed E-state index contributed by atoms with van der Waals surface area (Å²) >= 11 is 1.85. The van der Waals surface area contributed by atoms with Gasteiger partial charge in [-0.1, -0.05) is 18.2 Å². The third-order valence-corrected chi connectivity index (χ3v) is 3.19. The molecule has 1 fully saturated rings. The second-order valence-electron chi connectivity index (χ2n) is 3.29. The van der Waals surface area contributed by atoms with Crippen LogP contribution < -0.4 is 5.43 Å². The van der Waals surface area contributed by atoms with Crippen LogP contribution in [0.4, 0.5) is 0 Å². The number of benzene rings is 1. The van der Waals surface area contributed by atoms with Crippen LogP contribution in [0.1, 0.15) is 16.8 Å². The Balaban J connectivity index is 1.95. The molecule has 1 amide bonds. The predicted octanol–water partition coefficient (Wildman–Crippen LogP) is 1.91. The van der Waals surface area contributed by atoms with Crippen molar-refractivity contribution in [2.45, 2.75) is 6.42 Å². The Kier molecular flexibility index (Phi) is 3.40. The lowest BCUT2D eigenvalue weighted by molar-refractivity contribution is 0.0955. The Morgan fingerprint density at radius 3 is 2.80 bits per heavy atom. The third kappa shape index (κ3) is 2.83. The van der Waals surface area contributed by atoms with Gasteiger partial charge in [0, 0.05) is 17.0 Å². The van der Waals surface area contributed by atoms with Crippen molar-refractivity contribution in [2.24, 2.45) is 5.10 Å². The summed E-state index contributed by atoms with van der Waals surface area (Å²) in [5.41, 5.74) is 4.30. The van der Waals surface area contributed by atoms with Crippen LogP contribution in [0.2, 0.25) is 0 Å². The Bertz CT molecular complexity index is 367. The van der Waals surface area contributed by atoms with Crippen molar-refractivity contribution in [3.05, 3.63) is 35.9 Å². The minimum Gasteiger partial charge on any atom is -0.267 e. The van der Waals surface area contributed by atoms with Gasteiger partial charge in [0.25, 0.3) is 5.91 Å². The predicted molar refractivity (Wildman–Crippen MR) is 63.3 cm³/mol. The number of nitrogens with one attached hydrogen (secondary N) is 1. The zero-order valence-corrected chi connectivity index (χ0v) is 9.09. The van der Waals surface area contributed by atoms with E-state index < -0.39 is 0 Å². The molecule has 4 heteroatoms. The molecular weight excluding hydrogens is 208 g/mol. The highest BCUT2D eigenvalue weighted by atomic mass is 32.2. The van der Waals surface area contributed by atoms with Gasteiger partial charge in [0.1, 0.15) is 0 Å². The largest absolute Gasteiger partial charge is 0.271 e. The Labute approximate surface area is 93.0 Å². The summed E-state index contributed by atoms with van der Waals surface area (Å²) in [6.07, 6.45) is 0.986. The molecule has 0 aliphatic carbocycles. The first-order valence-corrected chi connectivity index (χ1v) is 6.00. The van der Waals surface area contributed by atoms with Crippen molar-refractivity contribution in [1.82, 2.24) is 5.43 Å². The maximum atomic E-state index is 11.6. The molecule has 1 aliphatic rings. The van der Waals surface area contributed by atoms with Gasteiger partial charge in [-0.15, -0.1) is 0 Å². The minimum atomic E-state index is -0.139. The van der Waals surface area contributed by atoms with E-state index in [1.165, 1.54) is 0 Å². The van der Waals surface area contributed by atoms with Gasteiger partial charge in [-0.2, -0.15) is 16.9 Å². The molecule has 1 heterocycles. The van der Waals surface area contributed by atoms with Crippen molar-refractivity contribution in [2.75, 3.05) is 11.5 Å². The molecule has 15 heavy (non-hydrogen) atoms. The summed E-state index contributed by atoms with van der Waals surface area (Å²) in [5, 5.41) is 4.10. The molecule has 2 rings (SSSR count). The van der Waals surface area contributed by atoms with E-state index in [9.17, 15) is 4.79 Å². The summed E-state index contributed by atoms with van der Waals surface area (Å²) in [6.45, 7) is 0. The fourth-order valence-corrected chi connectivity index (χ4v) is 2.29. The fourth-order valence-electron chi connectivity index (χ4n) is 1.32. The zero-order chi connectivity index (χ0) is 10.5. The number of thioether (sulfide) groups is 1. The van der Waals surface area contributed by atoms with Gasteiger partial charge in [-0.25, -0.2) is 5.43 Å². The fraction of sp³-hybridized carbons (Fsp3) is 0.273. The number of carbonyl (C=O) groups is 1. The smallest absolute Gasteiger partial charge is 0.267 e. The highest BCUT2D eigenvalue weighted by Gasteiger charge is 2.09. The average molecular weight is 220 g/mol. The second kappa shape index (κ2) is 4.98. The number of amides is 1. The lowest BCUT2D eigenvalue weighted by atomic mass is 10.2. The lowest BCUT2D eigenvalue weighted by Crippen LogP contribution is -2.19. The molecule has 0 atom stereocenters. The van der Waals surface area contributed by atoms with Crippen LogP contribution in [0.3, 0.4) is 0 Å². The lowest BCUT2D eigenvalue weighted by Gasteiger charge is -2.00. The maximum Gasteiger partial charge on any atom is 0.271 e. The molecule has 0 bridgehead atoms. The first-order valence-electron chi connectivity index (χ1n) is 4.85. The molecular formula is C11H12N2OS. The summed E-state index contributed by atoms with van der Waals surface area (Å²) in [4.78, 5) is 11.6. The van der Waals surface area contributed by atoms with E-state index >= 15 is 0 Å². The number of carbonyl (C=O) groups excluding carboxylic acids is 1. The Hall–Kier alpha value is -1.29. The van der Waals surface area contributed by atoms with E-state index in [1.54, 1.807) is 12.1 Å². The molecule has 1 aromatic carbocycles. The van der Waals surface area contributed by atoms with Gasteiger partial charge in [0.05, 0.1) is 0 Å². The first-order chi connectivity index (χ1) is 7.36. The van der Waals surface area contributed by atoms with E-state index in [-0.39, 0.29) is 5.91 Å². The molecule has 78 valence electrons. The van der Waals surface area contributed by atoms with Crippen molar-refractivity contribution < 1.29 is 4.79 Å². The van der Waals surface area contributed by atoms with E-state index in [0.717, 1.165) is 23.6 Å². The number of hydrogen-bond acceptors (Lipinski definition) is 3. The standard InChI is InChI=1S/C11H12N2OS/c14-11(9-4-2-1-3-5-9)13-12-10-6-7-15-8-10/h1-5H,6-8H2,(H,13,14)/b12-10-. The summed E-state index contributed by atoms with van der Waals surface area (Å²) in [6, 6.07) is 9.12. The van der Waals surface area contributed by atoms with Gasteiger partial charge in [-0.3, -0.25) is 4.79 Å². The molecule has 0 radical (unpaired) electrons. The second-order valence-corrected chi connectivity index (χ2v) is 4.39. The summed E-state index contributed by atoms with van der Waals surface area (Å²) < 4.78 is 0. The van der Waals surface area contributed by atoms with Crippen LogP contribution in [-0.4, -0.2) is 23.1 Å². The van der Waals surface area contributed by atoms with E-state index in [4.69, 9.17) is 0 Å². The topological polar surface area (TPSA) is 41.5 Å². The average Bonchev–Trinajstić information content (AvgIpc) is 2.80. The van der Waals surface area contributed by atoms with Crippen molar-refractivity contribution in [3.8, 4) is 0 Å². The molecule has 3 nitrogen and oxygen atoms in total. The van der Waals surface area contributed by atoms with Crippen LogP contribution in [0.5, 0.6) is 0 Å². The molecule has 0 spiro atoms. The molecule has 0 aromatic heterocycles. The van der Waals surface area contributed by atoms with E-state index in [0.29, 0.717) is 5.56 Å². The van der Waals surface area contributed by atoms with E-state index in [1.807, 2.05) is 30.0 Å². The van der Waals surface area contributed by atoms with Crippen LogP contribution in [-0.2, 0) is 0 Å². The van der Waals surface area contributed by atoms with E-state index in [2.05, 4.69) is 10.5 Å². The Morgan fingerprint density at radius 1 is 1.33 bits per heavy atom. The van der Waals surface area contributed by atoms with Gasteiger partial charge in [-0.05, 0) is 24.3 Å². The Morgan fingerprint density at radius 2 is 2.13 bits per heavy atom. The van der Waals surface area contributed by atoms with Gasteiger partial charge < -0.3 is 0 Å². The normalized spacial score (nSPS) is 18.0. The summed E-state index contributed by atoms with van der Waals surface area (Å²) in [5.74, 6) is 1.91. The van der Waals surface area contributed by atoms with Crippen LogP contribution in [0.15, 0.2) is 35.4 Å². The SMILES string of the molecule is O=C(N/N=C1/CCSC1)c1ccccc1. The molecule has 0 saturated carbocycles. The van der Waals surface area contributed by atoms with Crippen LogP contribution >= 0.6 is 11.8 Å². The van der Waals surface area contributed by atoms with Crippen molar-refractivity contribution in [1.29, 1.82) is 0 Å². The quantitative estimate of drug-likeness (QED) is 0.773. The number of hydrazone groups is 1. The third-order valence-electron chi connectivity index (χ3n) is 2.16. The molecule has 1 aliphatic heterocycles. The van der Waals surface area contributed by atoms with Crippen LogP contribution in [0.25, 0.3) is 0 Å². The van der Waals surface area contributed by atoms with Crippen molar-refractivity contribution >= 4 is 23.4 Å². The number of nitrogens with zero attached hydrogens (tertiary/aromatic N) is 1. The minimum absolute atomic E-state index is 0.139. The highest BCUT2D eigenvalue weighted by Crippen LogP contribution is 2.13. The number of rotatable bonds is 2. The zero-order valence-electron chi connectivity index (χ0n) is 8.27. The summed E-state index contributed by atoms with van der Waals surface area (Å²) in [7, 11) is 0. The molecule has 0 unspecified atom stereocenters. The number of hydrogen-bond donors (Lipinski definition) is 1. The molecule has 1 N–H and O–H groups in total. The van der Waals surface area contributed by atoms with Gasteiger partial charge in [0.2, 0.25) is 0 Å². The highest BCUT2D eigenvalue weighted by molar-refractivity contribution is 8.00. The van der Waals surface area contributed by atoms with Crippen molar-refractivity contribution in [3.63, 3.8) is 0 Å². The molecule has 1 saturated heterocycles. The first kappa shape index (κ1) is 10.2. The van der Waals surface area contributed by atoms with Gasteiger partial charge in [0.15, 0.2) is 0 Å². The van der Waals surface area contributed by atoms with Crippen LogP contribution in [0, 0.1) is 0 Å². The van der Waals surface area contributed by atoms with Gasteiger partial charge >= 0.3 is 0 Å². The maximum absolute atomic E-state index is 11.6.